The fourth-order valence-electron chi connectivity index (χ4n) is 3.12. The van der Waals surface area contributed by atoms with Crippen LogP contribution in [0.1, 0.15) is 32.0 Å². The summed E-state index contributed by atoms with van der Waals surface area (Å²) < 4.78 is 0. The standard InChI is InChI=1S/C23H14ClN3O2/c24-17-9-10-18-19(12-17)26-21(22(28)15-6-2-1-3-7-15)20(18)27-23(29)16-8-4-5-14(11-16)13-25/h1-12,26H,(H,27,29). The predicted octanol–water partition coefficient (Wildman–Crippen LogP) is 5.18. The molecule has 0 spiro atoms. The topological polar surface area (TPSA) is 85.8 Å². The molecule has 0 saturated heterocycles. The third-order valence-corrected chi connectivity index (χ3v) is 4.75. The van der Waals surface area contributed by atoms with Crippen molar-refractivity contribution in [3.05, 3.63) is 100 Å². The van der Waals surface area contributed by atoms with Gasteiger partial charge in [-0.25, -0.2) is 0 Å². The van der Waals surface area contributed by atoms with Gasteiger partial charge in [0.2, 0.25) is 5.78 Å². The molecule has 0 radical (unpaired) electrons. The molecule has 0 unspecified atom stereocenters. The minimum absolute atomic E-state index is 0.251. The number of hydrogen-bond donors (Lipinski definition) is 2. The zero-order valence-corrected chi connectivity index (χ0v) is 15.8. The van der Waals surface area contributed by atoms with Crippen molar-refractivity contribution in [3.8, 4) is 6.07 Å². The molecule has 1 heterocycles. The van der Waals surface area contributed by atoms with Crippen LogP contribution in [0.2, 0.25) is 5.02 Å². The zero-order valence-electron chi connectivity index (χ0n) is 15.1. The number of aromatic amines is 1. The first-order chi connectivity index (χ1) is 14.1. The number of rotatable bonds is 4. The van der Waals surface area contributed by atoms with E-state index in [9.17, 15) is 9.59 Å². The number of nitriles is 1. The average Bonchev–Trinajstić information content (AvgIpc) is 3.11. The highest BCUT2D eigenvalue weighted by molar-refractivity contribution is 6.31. The third-order valence-electron chi connectivity index (χ3n) is 4.52. The van der Waals surface area contributed by atoms with Gasteiger partial charge in [0, 0.05) is 27.1 Å². The van der Waals surface area contributed by atoms with Crippen molar-refractivity contribution in [2.24, 2.45) is 0 Å². The fourth-order valence-corrected chi connectivity index (χ4v) is 3.29. The number of anilines is 1. The van der Waals surface area contributed by atoms with Gasteiger partial charge in [0.15, 0.2) is 0 Å². The number of carbonyl (C=O) groups is 2. The number of ketones is 1. The van der Waals surface area contributed by atoms with Gasteiger partial charge in [-0.05, 0) is 36.4 Å². The largest absolute Gasteiger partial charge is 0.350 e. The summed E-state index contributed by atoms with van der Waals surface area (Å²) in [4.78, 5) is 29.0. The first kappa shape index (κ1) is 18.5. The van der Waals surface area contributed by atoms with E-state index >= 15 is 0 Å². The van der Waals surface area contributed by atoms with Gasteiger partial charge in [-0.2, -0.15) is 5.26 Å². The molecule has 0 atom stereocenters. The molecule has 2 N–H and O–H groups in total. The summed E-state index contributed by atoms with van der Waals surface area (Å²) >= 11 is 6.09. The van der Waals surface area contributed by atoms with Crippen molar-refractivity contribution in [1.29, 1.82) is 5.26 Å². The van der Waals surface area contributed by atoms with E-state index < -0.39 is 5.91 Å². The van der Waals surface area contributed by atoms with Gasteiger partial charge in [0.25, 0.3) is 5.91 Å². The first-order valence-corrected chi connectivity index (χ1v) is 9.17. The molecule has 140 valence electrons. The number of H-pyrrole nitrogens is 1. The van der Waals surface area contributed by atoms with E-state index in [0.29, 0.717) is 38.3 Å². The Balaban J connectivity index is 1.80. The van der Waals surface area contributed by atoms with Crippen molar-refractivity contribution < 1.29 is 9.59 Å². The van der Waals surface area contributed by atoms with E-state index in [0.717, 1.165) is 0 Å². The molecule has 0 fully saturated rings. The molecular formula is C23H14ClN3O2. The Bertz CT molecular complexity index is 1290. The molecule has 0 aliphatic heterocycles. The second-order valence-electron chi connectivity index (χ2n) is 6.41. The lowest BCUT2D eigenvalue weighted by Gasteiger charge is -2.08. The second kappa shape index (κ2) is 7.63. The monoisotopic (exact) mass is 399 g/mol. The van der Waals surface area contributed by atoms with E-state index in [1.54, 1.807) is 60.7 Å². The Kier molecular flexibility index (Phi) is 4.86. The molecule has 0 bridgehead atoms. The smallest absolute Gasteiger partial charge is 0.255 e. The van der Waals surface area contributed by atoms with Crippen LogP contribution < -0.4 is 5.32 Å². The van der Waals surface area contributed by atoms with E-state index in [-0.39, 0.29) is 11.5 Å². The summed E-state index contributed by atoms with van der Waals surface area (Å²) in [7, 11) is 0. The summed E-state index contributed by atoms with van der Waals surface area (Å²) in [5.41, 5.74) is 2.47. The molecule has 0 aliphatic carbocycles. The second-order valence-corrected chi connectivity index (χ2v) is 6.84. The fraction of sp³-hybridized carbons (Fsp3) is 0. The van der Waals surface area contributed by atoms with Crippen LogP contribution in [0.4, 0.5) is 5.69 Å². The zero-order chi connectivity index (χ0) is 20.4. The molecule has 4 rings (SSSR count). The molecule has 6 heteroatoms. The van der Waals surface area contributed by atoms with Crippen LogP contribution in [0.15, 0.2) is 72.8 Å². The maximum absolute atomic E-state index is 13.1. The van der Waals surface area contributed by atoms with Gasteiger partial charge in [0.1, 0.15) is 5.69 Å². The maximum Gasteiger partial charge on any atom is 0.255 e. The number of nitrogens with zero attached hydrogens (tertiary/aromatic N) is 1. The highest BCUT2D eigenvalue weighted by Crippen LogP contribution is 2.31. The number of carbonyl (C=O) groups excluding carboxylic acids is 2. The highest BCUT2D eigenvalue weighted by atomic mass is 35.5. The molecule has 29 heavy (non-hydrogen) atoms. The number of benzene rings is 3. The predicted molar refractivity (Wildman–Crippen MR) is 112 cm³/mol. The number of nitrogens with one attached hydrogen (secondary N) is 2. The van der Waals surface area contributed by atoms with Crippen LogP contribution in [0.5, 0.6) is 0 Å². The number of fused-ring (bicyclic) bond motifs is 1. The molecular weight excluding hydrogens is 386 g/mol. The van der Waals surface area contributed by atoms with Crippen molar-refractivity contribution in [1.82, 2.24) is 4.98 Å². The normalized spacial score (nSPS) is 10.5. The summed E-state index contributed by atoms with van der Waals surface area (Å²) in [6.45, 7) is 0. The molecule has 0 saturated carbocycles. The lowest BCUT2D eigenvalue weighted by Crippen LogP contribution is -2.15. The molecule has 1 amide bonds. The number of amides is 1. The molecule has 0 aliphatic rings. The number of halogens is 1. The number of aromatic nitrogens is 1. The van der Waals surface area contributed by atoms with Crippen LogP contribution in [0.25, 0.3) is 10.9 Å². The summed E-state index contributed by atoms with van der Waals surface area (Å²) in [6, 6.07) is 22.3. The van der Waals surface area contributed by atoms with Crippen molar-refractivity contribution in [3.63, 3.8) is 0 Å². The maximum atomic E-state index is 13.1. The average molecular weight is 400 g/mol. The van der Waals surface area contributed by atoms with Gasteiger partial charge in [-0.1, -0.05) is 48.0 Å². The van der Waals surface area contributed by atoms with Gasteiger partial charge < -0.3 is 10.3 Å². The molecule has 5 nitrogen and oxygen atoms in total. The SMILES string of the molecule is N#Cc1cccc(C(=O)Nc2c(C(=O)c3ccccc3)[nH]c3cc(Cl)ccc23)c1. The van der Waals surface area contributed by atoms with Crippen molar-refractivity contribution in [2.45, 2.75) is 0 Å². The lowest BCUT2D eigenvalue weighted by molar-refractivity contribution is 0.102. The van der Waals surface area contributed by atoms with Crippen LogP contribution in [0, 0.1) is 11.3 Å². The van der Waals surface area contributed by atoms with E-state index in [2.05, 4.69) is 10.3 Å². The lowest BCUT2D eigenvalue weighted by atomic mass is 10.1. The van der Waals surface area contributed by atoms with Crippen LogP contribution in [0.3, 0.4) is 0 Å². The van der Waals surface area contributed by atoms with Crippen LogP contribution >= 0.6 is 11.6 Å². The Labute approximate surface area is 171 Å². The van der Waals surface area contributed by atoms with Gasteiger partial charge in [0.05, 0.1) is 17.3 Å². The molecule has 3 aromatic carbocycles. The Morgan fingerprint density at radius 2 is 1.69 bits per heavy atom. The minimum atomic E-state index is -0.417. The summed E-state index contributed by atoms with van der Waals surface area (Å²) in [5.74, 6) is -0.668. The summed E-state index contributed by atoms with van der Waals surface area (Å²) in [5, 5.41) is 13.1. The van der Waals surface area contributed by atoms with E-state index in [1.165, 1.54) is 6.07 Å². The van der Waals surface area contributed by atoms with E-state index in [4.69, 9.17) is 16.9 Å². The number of hydrogen-bond acceptors (Lipinski definition) is 3. The van der Waals surface area contributed by atoms with Gasteiger partial charge in [-0.3, -0.25) is 9.59 Å². The van der Waals surface area contributed by atoms with Crippen molar-refractivity contribution in [2.75, 3.05) is 5.32 Å². The summed E-state index contributed by atoms with van der Waals surface area (Å²) in [6.07, 6.45) is 0. The molecule has 1 aromatic heterocycles. The Hall–Kier alpha value is -3.88. The highest BCUT2D eigenvalue weighted by Gasteiger charge is 2.21. The Morgan fingerprint density at radius 3 is 2.45 bits per heavy atom. The minimum Gasteiger partial charge on any atom is -0.350 e. The Morgan fingerprint density at radius 1 is 0.931 bits per heavy atom. The van der Waals surface area contributed by atoms with Crippen LogP contribution in [-0.4, -0.2) is 16.7 Å². The third kappa shape index (κ3) is 3.62. The molecule has 4 aromatic rings. The van der Waals surface area contributed by atoms with Gasteiger partial charge in [-0.15, -0.1) is 0 Å². The quantitative estimate of drug-likeness (QED) is 0.464. The van der Waals surface area contributed by atoms with Crippen LogP contribution in [-0.2, 0) is 0 Å². The first-order valence-electron chi connectivity index (χ1n) is 8.79. The van der Waals surface area contributed by atoms with Crippen molar-refractivity contribution >= 4 is 39.9 Å². The van der Waals surface area contributed by atoms with Gasteiger partial charge >= 0.3 is 0 Å². The van der Waals surface area contributed by atoms with E-state index in [1.807, 2.05) is 12.1 Å².